The van der Waals surface area contributed by atoms with Gasteiger partial charge in [-0.2, -0.15) is 0 Å². The maximum atomic E-state index is 9.52. The third-order valence-corrected chi connectivity index (χ3v) is 1.97. The summed E-state index contributed by atoms with van der Waals surface area (Å²) < 4.78 is 1.78. The third-order valence-electron chi connectivity index (χ3n) is 1.97. The van der Waals surface area contributed by atoms with Gasteiger partial charge in [-0.15, -0.1) is 5.10 Å². The number of aliphatic hydroxyl groups is 1. The van der Waals surface area contributed by atoms with Crippen LogP contribution in [0.3, 0.4) is 0 Å². The quantitative estimate of drug-likeness (QED) is 0.770. The van der Waals surface area contributed by atoms with E-state index in [1.807, 2.05) is 6.20 Å². The van der Waals surface area contributed by atoms with E-state index < -0.39 is 5.60 Å². The summed E-state index contributed by atoms with van der Waals surface area (Å²) in [4.78, 5) is 0. The molecule has 79 valence electrons. The Hall–Kier alpha value is -0.900. The van der Waals surface area contributed by atoms with Gasteiger partial charge < -0.3 is 5.11 Å². The molecule has 0 amide bonds. The largest absolute Gasteiger partial charge is 0.390 e. The molecule has 1 aromatic heterocycles. The van der Waals surface area contributed by atoms with Gasteiger partial charge in [-0.05, 0) is 33.1 Å². The molecule has 0 aliphatic rings. The van der Waals surface area contributed by atoms with Crippen LogP contribution in [0.5, 0.6) is 0 Å². The first-order chi connectivity index (χ1) is 6.51. The van der Waals surface area contributed by atoms with E-state index >= 15 is 0 Å². The first kappa shape index (κ1) is 11.2. The molecule has 0 saturated carbocycles. The molecule has 4 heteroatoms. The molecule has 0 aromatic carbocycles. The fourth-order valence-corrected chi connectivity index (χ4v) is 1.16. The molecule has 1 aromatic rings. The van der Waals surface area contributed by atoms with Crippen molar-refractivity contribution in [2.24, 2.45) is 0 Å². The molecular formula is C10H18N3O. The lowest BCUT2D eigenvalue weighted by Crippen LogP contribution is -2.19. The Morgan fingerprint density at radius 3 is 2.86 bits per heavy atom. The molecule has 4 nitrogen and oxygen atoms in total. The van der Waals surface area contributed by atoms with Gasteiger partial charge in [0.25, 0.3) is 0 Å². The summed E-state index contributed by atoms with van der Waals surface area (Å²) in [5, 5.41) is 17.5. The lowest BCUT2D eigenvalue weighted by molar-refractivity contribution is 0.0711. The average molecular weight is 196 g/mol. The van der Waals surface area contributed by atoms with Crippen LogP contribution in [0, 0.1) is 6.92 Å². The van der Waals surface area contributed by atoms with Gasteiger partial charge in [0.05, 0.1) is 11.3 Å². The van der Waals surface area contributed by atoms with Crippen molar-refractivity contribution in [2.75, 3.05) is 0 Å². The van der Waals surface area contributed by atoms with Crippen molar-refractivity contribution < 1.29 is 5.11 Å². The zero-order valence-electron chi connectivity index (χ0n) is 8.90. The second-order valence-electron chi connectivity index (χ2n) is 4.14. The van der Waals surface area contributed by atoms with E-state index in [0.717, 1.165) is 25.1 Å². The van der Waals surface area contributed by atoms with Crippen molar-refractivity contribution >= 4 is 0 Å². The monoisotopic (exact) mass is 196 g/mol. The van der Waals surface area contributed by atoms with Gasteiger partial charge in [-0.3, -0.25) is 4.68 Å². The van der Waals surface area contributed by atoms with Crippen molar-refractivity contribution in [2.45, 2.75) is 45.3 Å². The third kappa shape index (κ3) is 3.87. The Morgan fingerprint density at radius 1 is 1.57 bits per heavy atom. The van der Waals surface area contributed by atoms with Crippen molar-refractivity contribution in [1.29, 1.82) is 0 Å². The number of aromatic nitrogens is 3. The van der Waals surface area contributed by atoms with Crippen LogP contribution in [0.15, 0.2) is 6.20 Å². The first-order valence-electron chi connectivity index (χ1n) is 4.92. The van der Waals surface area contributed by atoms with Gasteiger partial charge in [0.15, 0.2) is 0 Å². The van der Waals surface area contributed by atoms with Gasteiger partial charge in [-0.1, -0.05) is 12.1 Å². The molecule has 1 radical (unpaired) electrons. The minimum Gasteiger partial charge on any atom is -0.390 e. The zero-order valence-corrected chi connectivity index (χ0v) is 8.90. The lowest BCUT2D eigenvalue weighted by atomic mass is 10.0. The number of rotatable bonds is 5. The lowest BCUT2D eigenvalue weighted by Gasteiger charge is -2.15. The van der Waals surface area contributed by atoms with E-state index in [0.29, 0.717) is 6.42 Å². The van der Waals surface area contributed by atoms with Crippen LogP contribution in [0.1, 0.15) is 32.4 Å². The van der Waals surface area contributed by atoms with E-state index in [9.17, 15) is 5.11 Å². The van der Waals surface area contributed by atoms with Gasteiger partial charge in [0.1, 0.15) is 0 Å². The summed E-state index contributed by atoms with van der Waals surface area (Å²) in [6, 6.07) is 0. The molecule has 1 N–H and O–H groups in total. The minimum atomic E-state index is -0.629. The Labute approximate surface area is 84.9 Å². The molecule has 14 heavy (non-hydrogen) atoms. The van der Waals surface area contributed by atoms with E-state index in [1.165, 1.54) is 0 Å². The summed E-state index contributed by atoms with van der Waals surface area (Å²) in [6.07, 6.45) is 4.20. The predicted molar refractivity (Wildman–Crippen MR) is 54.6 cm³/mol. The van der Waals surface area contributed by atoms with E-state index in [4.69, 9.17) is 0 Å². The molecule has 1 rings (SSSR count). The molecule has 0 aliphatic carbocycles. The average Bonchev–Trinajstić information content (AvgIpc) is 2.49. The molecule has 1 heterocycles. The highest BCUT2D eigenvalue weighted by molar-refractivity contribution is 4.93. The Kier molecular flexibility index (Phi) is 3.63. The van der Waals surface area contributed by atoms with E-state index in [2.05, 4.69) is 17.2 Å². The van der Waals surface area contributed by atoms with Gasteiger partial charge >= 0.3 is 0 Å². The van der Waals surface area contributed by atoms with Crippen LogP contribution < -0.4 is 0 Å². The summed E-state index contributed by atoms with van der Waals surface area (Å²) >= 11 is 0. The maximum absolute atomic E-state index is 9.52. The fraction of sp³-hybridized carbons (Fsp3) is 0.700. The topological polar surface area (TPSA) is 50.9 Å². The molecule has 0 fully saturated rings. The Morgan fingerprint density at radius 2 is 2.29 bits per heavy atom. The summed E-state index contributed by atoms with van der Waals surface area (Å²) in [6.45, 7) is 8.15. The molecule has 0 aliphatic heterocycles. The fourth-order valence-electron chi connectivity index (χ4n) is 1.16. The van der Waals surface area contributed by atoms with Crippen molar-refractivity contribution in [1.82, 2.24) is 15.0 Å². The standard InChI is InChI=1S/C10H18N3O/c1-4-7-13-8-9(11-12-13)5-6-10(2,3)14/h8,14H,1,4-7H2,2-3H3. The molecule has 0 bridgehead atoms. The van der Waals surface area contributed by atoms with Crippen LogP contribution in [-0.2, 0) is 13.0 Å². The smallest absolute Gasteiger partial charge is 0.0828 e. The van der Waals surface area contributed by atoms with Gasteiger partial charge in [0.2, 0.25) is 0 Å². The van der Waals surface area contributed by atoms with E-state index in [1.54, 1.807) is 18.5 Å². The van der Waals surface area contributed by atoms with Gasteiger partial charge in [-0.25, -0.2) is 0 Å². The SMILES string of the molecule is [CH2]CCn1cc(CCC(C)(C)O)nn1. The van der Waals surface area contributed by atoms with Crippen LogP contribution in [0.2, 0.25) is 0 Å². The Bertz CT molecular complexity index is 275. The number of hydrogen-bond donors (Lipinski definition) is 1. The maximum Gasteiger partial charge on any atom is 0.0828 e. The molecule has 0 saturated heterocycles. The predicted octanol–water partition coefficient (Wildman–Crippen LogP) is 1.21. The second-order valence-corrected chi connectivity index (χ2v) is 4.14. The highest BCUT2D eigenvalue weighted by Gasteiger charge is 2.13. The molecule has 0 spiro atoms. The van der Waals surface area contributed by atoms with Gasteiger partial charge in [0, 0.05) is 12.7 Å². The Balaban J connectivity index is 2.44. The van der Waals surface area contributed by atoms with Crippen LogP contribution >= 0.6 is 0 Å². The second kappa shape index (κ2) is 4.55. The van der Waals surface area contributed by atoms with Crippen molar-refractivity contribution in [3.8, 4) is 0 Å². The highest BCUT2D eigenvalue weighted by atomic mass is 16.3. The van der Waals surface area contributed by atoms with Crippen LogP contribution in [-0.4, -0.2) is 25.7 Å². The number of aryl methyl sites for hydroxylation is 2. The number of hydrogen-bond acceptors (Lipinski definition) is 3. The van der Waals surface area contributed by atoms with Crippen molar-refractivity contribution in [3.63, 3.8) is 0 Å². The van der Waals surface area contributed by atoms with E-state index in [-0.39, 0.29) is 0 Å². The molecule has 0 atom stereocenters. The summed E-state index contributed by atoms with van der Waals surface area (Å²) in [7, 11) is 0. The highest BCUT2D eigenvalue weighted by Crippen LogP contribution is 2.11. The number of nitrogens with zero attached hydrogens (tertiary/aromatic N) is 3. The van der Waals surface area contributed by atoms with Crippen molar-refractivity contribution in [3.05, 3.63) is 18.8 Å². The molecule has 0 unspecified atom stereocenters. The summed E-state index contributed by atoms with van der Waals surface area (Å²) in [5.74, 6) is 0. The normalized spacial score (nSPS) is 12.0. The molecular weight excluding hydrogens is 178 g/mol. The van der Waals surface area contributed by atoms with Crippen LogP contribution in [0.25, 0.3) is 0 Å². The first-order valence-corrected chi connectivity index (χ1v) is 4.92. The zero-order chi connectivity index (χ0) is 10.6. The van der Waals surface area contributed by atoms with Crippen LogP contribution in [0.4, 0.5) is 0 Å². The minimum absolute atomic E-state index is 0.629. The summed E-state index contributed by atoms with van der Waals surface area (Å²) in [5.41, 5.74) is 0.302.